The third kappa shape index (κ3) is 1.02. The summed E-state index contributed by atoms with van der Waals surface area (Å²) < 4.78 is 0. The van der Waals surface area contributed by atoms with Gasteiger partial charge in [0.1, 0.15) is 0 Å². The zero-order valence-electron chi connectivity index (χ0n) is 7.46. The van der Waals surface area contributed by atoms with E-state index in [0.29, 0.717) is 0 Å². The van der Waals surface area contributed by atoms with Crippen LogP contribution >= 0.6 is 0 Å². The second kappa shape index (κ2) is 2.65. The van der Waals surface area contributed by atoms with Gasteiger partial charge in [-0.25, -0.2) is 0 Å². The molecule has 0 spiro atoms. The van der Waals surface area contributed by atoms with Gasteiger partial charge in [0.15, 0.2) is 0 Å². The molecule has 0 fully saturated rings. The first kappa shape index (κ1) is 7.91. The van der Waals surface area contributed by atoms with Gasteiger partial charge in [-0.05, 0) is 18.1 Å². The fourth-order valence-electron chi connectivity index (χ4n) is 1.51. The van der Waals surface area contributed by atoms with Crippen molar-refractivity contribution < 1.29 is 0 Å². The van der Waals surface area contributed by atoms with E-state index in [0.717, 1.165) is 34.3 Å². The largest absolute Gasteiger partial charge is 0.398 e. The summed E-state index contributed by atoms with van der Waals surface area (Å²) in [6, 6.07) is 1.91. The molecule has 0 unspecified atom stereocenters. The van der Waals surface area contributed by atoms with Gasteiger partial charge in [-0.15, -0.1) is 0 Å². The predicted octanol–water partition coefficient (Wildman–Crippen LogP) is 1.29. The number of benzene rings is 1. The fourth-order valence-corrected chi connectivity index (χ4v) is 1.51. The molecule has 0 aliphatic carbocycles. The highest BCUT2D eigenvalue weighted by atomic mass is 15.1. The number of aromatic amines is 1. The van der Waals surface area contributed by atoms with E-state index in [9.17, 15) is 0 Å². The van der Waals surface area contributed by atoms with Crippen LogP contribution in [0.2, 0.25) is 0 Å². The lowest BCUT2D eigenvalue weighted by Gasteiger charge is -2.05. The van der Waals surface area contributed by atoms with Gasteiger partial charge < -0.3 is 11.5 Å². The Morgan fingerprint density at radius 1 is 1.46 bits per heavy atom. The summed E-state index contributed by atoms with van der Waals surface area (Å²) in [7, 11) is 0. The SMILES string of the molecule is CCc1cc(N)c2cn[nH]c2c1N. The van der Waals surface area contributed by atoms with Crippen LogP contribution in [0.5, 0.6) is 0 Å². The van der Waals surface area contributed by atoms with Crippen molar-refractivity contribution in [3.63, 3.8) is 0 Å². The van der Waals surface area contributed by atoms with E-state index in [4.69, 9.17) is 11.5 Å². The van der Waals surface area contributed by atoms with Crippen molar-refractivity contribution in [2.75, 3.05) is 11.5 Å². The number of nitrogens with two attached hydrogens (primary N) is 2. The number of aromatic nitrogens is 2. The molecular formula is C9H12N4. The van der Waals surface area contributed by atoms with Gasteiger partial charge in [-0.2, -0.15) is 5.10 Å². The van der Waals surface area contributed by atoms with Crippen LogP contribution in [0.15, 0.2) is 12.3 Å². The summed E-state index contributed by atoms with van der Waals surface area (Å²) in [5.74, 6) is 0. The Balaban J connectivity index is 2.85. The van der Waals surface area contributed by atoms with Crippen LogP contribution in [-0.4, -0.2) is 10.2 Å². The van der Waals surface area contributed by atoms with E-state index in [2.05, 4.69) is 10.2 Å². The molecule has 0 amide bonds. The highest BCUT2D eigenvalue weighted by Crippen LogP contribution is 2.28. The summed E-state index contributed by atoms with van der Waals surface area (Å²) in [5, 5.41) is 7.66. The molecule has 0 radical (unpaired) electrons. The zero-order valence-corrected chi connectivity index (χ0v) is 7.46. The molecule has 0 atom stereocenters. The average molecular weight is 176 g/mol. The number of fused-ring (bicyclic) bond motifs is 1. The molecule has 5 N–H and O–H groups in total. The summed E-state index contributed by atoms with van der Waals surface area (Å²) in [6.45, 7) is 2.05. The number of anilines is 2. The van der Waals surface area contributed by atoms with Gasteiger partial charge in [0.05, 0.1) is 17.4 Å². The molecule has 0 aliphatic rings. The first-order valence-electron chi connectivity index (χ1n) is 4.24. The van der Waals surface area contributed by atoms with Crippen LogP contribution in [0.3, 0.4) is 0 Å². The maximum atomic E-state index is 5.92. The van der Waals surface area contributed by atoms with Crippen molar-refractivity contribution >= 4 is 22.3 Å². The lowest BCUT2D eigenvalue weighted by atomic mass is 10.1. The maximum absolute atomic E-state index is 5.92. The number of nitrogen functional groups attached to an aromatic ring is 2. The van der Waals surface area contributed by atoms with E-state index in [1.54, 1.807) is 6.20 Å². The predicted molar refractivity (Wildman–Crippen MR) is 54.3 cm³/mol. The van der Waals surface area contributed by atoms with Crippen molar-refractivity contribution in [3.05, 3.63) is 17.8 Å². The number of nitrogens with zero attached hydrogens (tertiary/aromatic N) is 1. The summed E-state index contributed by atoms with van der Waals surface area (Å²) in [6.07, 6.45) is 2.57. The third-order valence-electron chi connectivity index (χ3n) is 2.28. The number of H-pyrrole nitrogens is 1. The highest BCUT2D eigenvalue weighted by molar-refractivity contribution is 5.98. The van der Waals surface area contributed by atoms with Crippen molar-refractivity contribution in [3.8, 4) is 0 Å². The molecule has 1 heterocycles. The minimum atomic E-state index is 0.731. The summed E-state index contributed by atoms with van der Waals surface area (Å²) in [5.41, 5.74) is 15.1. The molecule has 0 bridgehead atoms. The topological polar surface area (TPSA) is 80.7 Å². The third-order valence-corrected chi connectivity index (χ3v) is 2.28. The first-order chi connectivity index (χ1) is 6.24. The minimum absolute atomic E-state index is 0.731. The molecule has 4 nitrogen and oxygen atoms in total. The van der Waals surface area contributed by atoms with E-state index in [1.807, 2.05) is 13.0 Å². The van der Waals surface area contributed by atoms with Gasteiger partial charge >= 0.3 is 0 Å². The quantitative estimate of drug-likeness (QED) is 0.573. The molecule has 1 aromatic carbocycles. The normalized spacial score (nSPS) is 10.8. The van der Waals surface area contributed by atoms with E-state index >= 15 is 0 Å². The van der Waals surface area contributed by atoms with E-state index < -0.39 is 0 Å². The number of aryl methyl sites for hydroxylation is 1. The van der Waals surface area contributed by atoms with E-state index in [1.165, 1.54) is 0 Å². The molecule has 13 heavy (non-hydrogen) atoms. The average Bonchev–Trinajstić information content (AvgIpc) is 2.60. The number of nitrogens with one attached hydrogen (secondary N) is 1. The van der Waals surface area contributed by atoms with Crippen LogP contribution in [-0.2, 0) is 6.42 Å². The van der Waals surface area contributed by atoms with Crippen molar-refractivity contribution in [1.82, 2.24) is 10.2 Å². The molecule has 0 saturated carbocycles. The van der Waals surface area contributed by atoms with Crippen molar-refractivity contribution in [2.45, 2.75) is 13.3 Å². The van der Waals surface area contributed by atoms with Crippen LogP contribution < -0.4 is 11.5 Å². The van der Waals surface area contributed by atoms with Gasteiger partial charge in [0, 0.05) is 11.1 Å². The Morgan fingerprint density at radius 3 is 2.92 bits per heavy atom. The van der Waals surface area contributed by atoms with Crippen molar-refractivity contribution in [1.29, 1.82) is 0 Å². The first-order valence-corrected chi connectivity index (χ1v) is 4.24. The van der Waals surface area contributed by atoms with Crippen LogP contribution in [0, 0.1) is 0 Å². The highest BCUT2D eigenvalue weighted by Gasteiger charge is 2.07. The Labute approximate surface area is 75.9 Å². The van der Waals surface area contributed by atoms with Gasteiger partial charge in [0.2, 0.25) is 0 Å². The molecule has 2 aromatic rings. The van der Waals surface area contributed by atoms with Gasteiger partial charge in [0.25, 0.3) is 0 Å². The van der Waals surface area contributed by atoms with Gasteiger partial charge in [-0.1, -0.05) is 6.92 Å². The summed E-state index contributed by atoms with van der Waals surface area (Å²) >= 11 is 0. The second-order valence-electron chi connectivity index (χ2n) is 3.05. The molecular weight excluding hydrogens is 164 g/mol. The molecule has 1 aromatic heterocycles. The van der Waals surface area contributed by atoms with Crippen LogP contribution in [0.1, 0.15) is 12.5 Å². The second-order valence-corrected chi connectivity index (χ2v) is 3.05. The number of hydrogen-bond donors (Lipinski definition) is 3. The number of hydrogen-bond acceptors (Lipinski definition) is 3. The Morgan fingerprint density at radius 2 is 2.23 bits per heavy atom. The molecule has 4 heteroatoms. The monoisotopic (exact) mass is 176 g/mol. The lowest BCUT2D eigenvalue weighted by molar-refractivity contribution is 1.11. The molecule has 0 saturated heterocycles. The van der Waals surface area contributed by atoms with Crippen molar-refractivity contribution in [2.24, 2.45) is 0 Å². The Bertz CT molecular complexity index is 444. The Hall–Kier alpha value is -1.71. The van der Waals surface area contributed by atoms with E-state index in [-0.39, 0.29) is 0 Å². The smallest absolute Gasteiger partial charge is 0.0903 e. The molecule has 68 valence electrons. The van der Waals surface area contributed by atoms with Crippen LogP contribution in [0.4, 0.5) is 11.4 Å². The van der Waals surface area contributed by atoms with Gasteiger partial charge in [-0.3, -0.25) is 5.10 Å². The lowest BCUT2D eigenvalue weighted by Crippen LogP contribution is -1.97. The summed E-state index contributed by atoms with van der Waals surface area (Å²) in [4.78, 5) is 0. The fraction of sp³-hybridized carbons (Fsp3) is 0.222. The molecule has 0 aliphatic heterocycles. The maximum Gasteiger partial charge on any atom is 0.0903 e. The Kier molecular flexibility index (Phi) is 1.62. The molecule has 2 rings (SSSR count). The number of rotatable bonds is 1. The van der Waals surface area contributed by atoms with Crippen LogP contribution in [0.25, 0.3) is 10.9 Å². The zero-order chi connectivity index (χ0) is 9.42. The standard InChI is InChI=1S/C9H12N4/c1-2-5-3-7(10)6-4-12-13-9(6)8(5)11/h3-4H,2,10-11H2,1H3,(H,12,13). The minimum Gasteiger partial charge on any atom is -0.398 e.